The molecule has 25 heavy (non-hydrogen) atoms. The summed E-state index contributed by atoms with van der Waals surface area (Å²) in [6.45, 7) is 4.54. The van der Waals surface area contributed by atoms with Gasteiger partial charge in [-0.05, 0) is 24.6 Å². The predicted molar refractivity (Wildman–Crippen MR) is 100.0 cm³/mol. The lowest BCUT2D eigenvalue weighted by atomic mass is 10.2. The molecule has 9 heteroatoms. The maximum atomic E-state index is 12.5. The summed E-state index contributed by atoms with van der Waals surface area (Å²) < 4.78 is 7.84. The molecule has 0 atom stereocenters. The third kappa shape index (κ3) is 3.05. The first-order valence-corrected chi connectivity index (χ1v) is 8.98. The molecule has 7 nitrogen and oxygen atoms in total. The Morgan fingerprint density at radius 2 is 2.08 bits per heavy atom. The number of nitrogens with one attached hydrogen (secondary N) is 1. The van der Waals surface area contributed by atoms with Crippen LogP contribution in [0.15, 0.2) is 27.6 Å². The molecule has 0 spiro atoms. The van der Waals surface area contributed by atoms with Crippen LogP contribution in [0.5, 0.6) is 0 Å². The van der Waals surface area contributed by atoms with Crippen molar-refractivity contribution in [3.05, 3.63) is 43.7 Å². The van der Waals surface area contributed by atoms with Gasteiger partial charge in [0.1, 0.15) is 5.39 Å². The molecule has 1 saturated heterocycles. The second-order valence-electron chi connectivity index (χ2n) is 5.85. The fourth-order valence-electron chi connectivity index (χ4n) is 2.93. The average molecular weight is 425 g/mol. The second-order valence-corrected chi connectivity index (χ2v) is 7.18. The van der Waals surface area contributed by atoms with Gasteiger partial charge in [0, 0.05) is 23.8 Å². The highest BCUT2D eigenvalue weighted by Gasteiger charge is 2.18. The fraction of sp³-hybridized carbons (Fsp3) is 0.312. The fourth-order valence-corrected chi connectivity index (χ4v) is 3.99. The Hall–Kier alpha value is -1.90. The monoisotopic (exact) mass is 423 g/mol. The normalized spacial score (nSPS) is 15.1. The number of halogens is 2. The van der Waals surface area contributed by atoms with Crippen LogP contribution in [0.3, 0.4) is 0 Å². The molecule has 0 amide bonds. The van der Waals surface area contributed by atoms with Crippen LogP contribution < -0.4 is 10.5 Å². The lowest BCUT2D eigenvalue weighted by Crippen LogP contribution is -2.38. The maximum absolute atomic E-state index is 12.5. The highest BCUT2D eigenvalue weighted by atomic mass is 79.9. The quantitative estimate of drug-likeness (QED) is 0.684. The zero-order valence-electron chi connectivity index (χ0n) is 13.4. The van der Waals surface area contributed by atoms with Gasteiger partial charge in [-0.15, -0.1) is 5.10 Å². The summed E-state index contributed by atoms with van der Waals surface area (Å²) in [4.78, 5) is 21.8. The van der Waals surface area contributed by atoms with Gasteiger partial charge in [0.2, 0.25) is 5.95 Å². The molecule has 0 unspecified atom stereocenters. The number of aryl methyl sites for hydroxylation is 1. The first-order chi connectivity index (χ1) is 12.0. The standard InChI is InChI=1S/C16H15BrClN5O2/c1-9-6-10(17)7-12(18)13(9)23-8-11-14(21-23)19-16(20-15(11)24)22-2-4-25-5-3-22/h6-8H,2-5H2,1H3,(H,19,20,21,24). The van der Waals surface area contributed by atoms with Crippen molar-refractivity contribution in [3.8, 4) is 5.69 Å². The number of fused-ring (bicyclic) bond motifs is 1. The summed E-state index contributed by atoms with van der Waals surface area (Å²) in [5, 5.41) is 5.45. The molecule has 4 rings (SSSR count). The molecule has 1 aliphatic rings. The molecule has 0 bridgehead atoms. The minimum atomic E-state index is -0.219. The largest absolute Gasteiger partial charge is 0.378 e. The highest BCUT2D eigenvalue weighted by Crippen LogP contribution is 2.28. The van der Waals surface area contributed by atoms with Gasteiger partial charge in [0.15, 0.2) is 5.65 Å². The van der Waals surface area contributed by atoms with Crippen LogP contribution in [-0.4, -0.2) is 46.1 Å². The van der Waals surface area contributed by atoms with Crippen molar-refractivity contribution in [2.75, 3.05) is 31.2 Å². The van der Waals surface area contributed by atoms with E-state index in [-0.39, 0.29) is 5.56 Å². The highest BCUT2D eigenvalue weighted by molar-refractivity contribution is 9.10. The molecule has 0 aliphatic carbocycles. The number of rotatable bonds is 2. The average Bonchev–Trinajstić information content (AvgIpc) is 2.99. The lowest BCUT2D eigenvalue weighted by Gasteiger charge is -2.26. The van der Waals surface area contributed by atoms with Gasteiger partial charge in [-0.3, -0.25) is 9.78 Å². The predicted octanol–water partition coefficient (Wildman–Crippen LogP) is 2.67. The van der Waals surface area contributed by atoms with Gasteiger partial charge >= 0.3 is 0 Å². The summed E-state index contributed by atoms with van der Waals surface area (Å²) in [5.41, 5.74) is 1.85. The molecule has 1 aromatic carbocycles. The van der Waals surface area contributed by atoms with E-state index in [2.05, 4.69) is 31.0 Å². The van der Waals surface area contributed by atoms with Crippen molar-refractivity contribution < 1.29 is 4.74 Å². The zero-order valence-corrected chi connectivity index (χ0v) is 15.8. The Kier molecular flexibility index (Phi) is 4.26. The SMILES string of the molecule is Cc1cc(Br)cc(Cl)c1-n1cc2c(=O)[nH]c(N3CCOCC3)nc2n1. The Morgan fingerprint density at radius 3 is 2.80 bits per heavy atom. The van der Waals surface area contributed by atoms with Gasteiger partial charge in [0.05, 0.1) is 23.9 Å². The van der Waals surface area contributed by atoms with Crippen LogP contribution in [0.4, 0.5) is 5.95 Å². The number of aromatic nitrogens is 4. The van der Waals surface area contributed by atoms with E-state index in [4.69, 9.17) is 16.3 Å². The maximum Gasteiger partial charge on any atom is 0.263 e. The van der Waals surface area contributed by atoms with Crippen molar-refractivity contribution in [1.29, 1.82) is 0 Å². The zero-order chi connectivity index (χ0) is 17.6. The molecule has 0 radical (unpaired) electrons. The van der Waals surface area contributed by atoms with Gasteiger partial charge in [-0.1, -0.05) is 27.5 Å². The molecule has 3 heterocycles. The van der Waals surface area contributed by atoms with Crippen LogP contribution >= 0.6 is 27.5 Å². The lowest BCUT2D eigenvalue weighted by molar-refractivity contribution is 0.122. The molecule has 0 saturated carbocycles. The smallest absolute Gasteiger partial charge is 0.263 e. The summed E-state index contributed by atoms with van der Waals surface area (Å²) in [7, 11) is 0. The number of benzene rings is 1. The van der Waals surface area contributed by atoms with Gasteiger partial charge < -0.3 is 9.64 Å². The van der Waals surface area contributed by atoms with Crippen molar-refractivity contribution in [1.82, 2.24) is 19.7 Å². The molecular formula is C16H15BrClN5O2. The summed E-state index contributed by atoms with van der Waals surface area (Å²) in [6, 6.07) is 3.75. The number of nitrogens with zero attached hydrogens (tertiary/aromatic N) is 4. The van der Waals surface area contributed by atoms with Crippen LogP contribution in [0, 0.1) is 6.92 Å². The molecule has 2 aromatic heterocycles. The molecule has 130 valence electrons. The number of morpholine rings is 1. The number of hydrogen-bond donors (Lipinski definition) is 1. The summed E-state index contributed by atoms with van der Waals surface area (Å²) in [6.07, 6.45) is 1.66. The van der Waals surface area contributed by atoms with E-state index in [1.165, 1.54) is 0 Å². The van der Waals surface area contributed by atoms with E-state index < -0.39 is 0 Å². The first kappa shape index (κ1) is 16.6. The minimum Gasteiger partial charge on any atom is -0.378 e. The van der Waals surface area contributed by atoms with Crippen molar-refractivity contribution in [2.24, 2.45) is 0 Å². The summed E-state index contributed by atoms with van der Waals surface area (Å²) in [5.74, 6) is 0.518. The molecular weight excluding hydrogens is 410 g/mol. The van der Waals surface area contributed by atoms with E-state index in [1.807, 2.05) is 17.9 Å². The molecule has 3 aromatic rings. The number of hydrogen-bond acceptors (Lipinski definition) is 5. The molecule has 1 fully saturated rings. The van der Waals surface area contributed by atoms with E-state index >= 15 is 0 Å². The number of H-pyrrole nitrogens is 1. The van der Waals surface area contributed by atoms with E-state index in [9.17, 15) is 4.79 Å². The Morgan fingerprint density at radius 1 is 1.32 bits per heavy atom. The Labute approximate surface area is 156 Å². The van der Waals surface area contributed by atoms with Crippen LogP contribution in [0.2, 0.25) is 5.02 Å². The van der Waals surface area contributed by atoms with Gasteiger partial charge in [0.25, 0.3) is 5.56 Å². The molecule has 1 aliphatic heterocycles. The topological polar surface area (TPSA) is 76.0 Å². The van der Waals surface area contributed by atoms with Crippen molar-refractivity contribution in [3.63, 3.8) is 0 Å². The van der Waals surface area contributed by atoms with Crippen molar-refractivity contribution in [2.45, 2.75) is 6.92 Å². The third-order valence-electron chi connectivity index (χ3n) is 4.13. The van der Waals surface area contributed by atoms with E-state index in [0.29, 0.717) is 48.3 Å². The minimum absolute atomic E-state index is 0.219. The number of anilines is 1. The van der Waals surface area contributed by atoms with E-state index in [0.717, 1.165) is 15.7 Å². The number of ether oxygens (including phenoxy) is 1. The van der Waals surface area contributed by atoms with Crippen LogP contribution in [-0.2, 0) is 4.74 Å². The number of aromatic amines is 1. The summed E-state index contributed by atoms with van der Waals surface area (Å²) >= 11 is 9.79. The van der Waals surface area contributed by atoms with Crippen LogP contribution in [0.25, 0.3) is 16.7 Å². The van der Waals surface area contributed by atoms with Crippen LogP contribution in [0.1, 0.15) is 5.56 Å². The van der Waals surface area contributed by atoms with Gasteiger partial charge in [-0.25, -0.2) is 4.68 Å². The molecule has 1 N–H and O–H groups in total. The second kappa shape index (κ2) is 6.44. The van der Waals surface area contributed by atoms with Crippen molar-refractivity contribution >= 4 is 44.5 Å². The third-order valence-corrected chi connectivity index (χ3v) is 4.88. The van der Waals surface area contributed by atoms with E-state index in [1.54, 1.807) is 16.9 Å². The van der Waals surface area contributed by atoms with Gasteiger partial charge in [-0.2, -0.15) is 4.98 Å². The first-order valence-electron chi connectivity index (χ1n) is 7.81. The Bertz CT molecular complexity index is 986. The Balaban J connectivity index is 1.83.